The van der Waals surface area contributed by atoms with Crippen LogP contribution in [0.3, 0.4) is 0 Å². The van der Waals surface area contributed by atoms with Gasteiger partial charge in [0.15, 0.2) is 0 Å². The summed E-state index contributed by atoms with van der Waals surface area (Å²) in [6.45, 7) is 1.73. The lowest BCUT2D eigenvalue weighted by Gasteiger charge is -2.31. The lowest BCUT2D eigenvalue weighted by Crippen LogP contribution is -2.19. The number of methoxy groups -OCH3 is 1. The van der Waals surface area contributed by atoms with Crippen molar-refractivity contribution in [3.8, 4) is 5.75 Å². The Morgan fingerprint density at radius 1 is 1.26 bits per heavy atom. The van der Waals surface area contributed by atoms with Gasteiger partial charge >= 0.3 is 0 Å². The van der Waals surface area contributed by atoms with Crippen molar-refractivity contribution in [3.05, 3.63) is 34.9 Å². The number of allylic oxidation sites excluding steroid dienone is 2. The molecule has 100 valence electrons. The smallest absolute Gasteiger partial charge is 0.133 e. The topological polar surface area (TPSA) is 26.3 Å². The number of ether oxygens (including phenoxy) is 1. The Bertz CT molecular complexity index is 554. The number of aryl methyl sites for hydroxylation is 1. The third kappa shape index (κ3) is 2.20. The average molecular weight is 256 g/mol. The van der Waals surface area contributed by atoms with Gasteiger partial charge in [0.05, 0.1) is 7.11 Å². The first kappa shape index (κ1) is 12.5. The highest BCUT2D eigenvalue weighted by Crippen LogP contribution is 2.43. The minimum atomic E-state index is 0.263. The van der Waals surface area contributed by atoms with Crippen molar-refractivity contribution in [2.24, 2.45) is 5.92 Å². The van der Waals surface area contributed by atoms with Crippen LogP contribution in [0.15, 0.2) is 23.8 Å². The van der Waals surface area contributed by atoms with E-state index in [0.717, 1.165) is 37.9 Å². The number of benzene rings is 1. The molecular weight excluding hydrogens is 236 g/mol. The van der Waals surface area contributed by atoms with E-state index in [9.17, 15) is 4.79 Å². The zero-order chi connectivity index (χ0) is 13.4. The predicted octanol–water partition coefficient (Wildman–Crippen LogP) is 3.78. The van der Waals surface area contributed by atoms with Gasteiger partial charge in [-0.05, 0) is 67.9 Å². The Morgan fingerprint density at radius 3 is 2.84 bits per heavy atom. The molecule has 0 heterocycles. The molecule has 0 bridgehead atoms. The van der Waals surface area contributed by atoms with E-state index >= 15 is 0 Å². The number of hydrogen-bond acceptors (Lipinski definition) is 2. The van der Waals surface area contributed by atoms with Crippen molar-refractivity contribution >= 4 is 11.4 Å². The number of Topliss-reactive ketones (excluding diaryl/α,β-unsaturated/α-hetero) is 1. The Hall–Kier alpha value is -1.57. The normalized spacial score (nSPS) is 21.7. The SMILES string of the molecule is COc1ccc2c(c1)CCC1=C2CCC(C(C)=O)C1. The predicted molar refractivity (Wildman–Crippen MR) is 76.3 cm³/mol. The standard InChI is InChI=1S/C17H20O2/c1-11(18)12-5-7-16-13(9-12)3-4-14-10-15(19-2)6-8-17(14)16/h6,8,10,12H,3-5,7,9H2,1-2H3. The number of fused-ring (bicyclic) bond motifs is 2. The van der Waals surface area contributed by atoms with E-state index in [1.54, 1.807) is 14.0 Å². The van der Waals surface area contributed by atoms with Crippen LogP contribution in [0.2, 0.25) is 0 Å². The average Bonchev–Trinajstić information content (AvgIpc) is 2.45. The molecule has 1 aromatic carbocycles. The van der Waals surface area contributed by atoms with E-state index in [2.05, 4.69) is 12.1 Å². The molecular formula is C17H20O2. The minimum absolute atomic E-state index is 0.263. The second-order valence-corrected chi connectivity index (χ2v) is 5.66. The molecule has 0 spiro atoms. The second-order valence-electron chi connectivity index (χ2n) is 5.66. The summed E-state index contributed by atoms with van der Waals surface area (Å²) in [5.41, 5.74) is 5.81. The summed E-state index contributed by atoms with van der Waals surface area (Å²) in [7, 11) is 1.72. The van der Waals surface area contributed by atoms with Gasteiger partial charge in [0.1, 0.15) is 11.5 Å². The molecule has 0 saturated carbocycles. The zero-order valence-corrected chi connectivity index (χ0v) is 11.7. The van der Waals surface area contributed by atoms with E-state index in [4.69, 9.17) is 4.74 Å². The highest BCUT2D eigenvalue weighted by Gasteiger charge is 2.28. The van der Waals surface area contributed by atoms with Gasteiger partial charge in [0, 0.05) is 5.92 Å². The molecule has 1 unspecified atom stereocenters. The third-order valence-corrected chi connectivity index (χ3v) is 4.57. The van der Waals surface area contributed by atoms with Gasteiger partial charge in [-0.25, -0.2) is 0 Å². The summed E-state index contributed by atoms with van der Waals surface area (Å²) in [6, 6.07) is 6.40. The highest BCUT2D eigenvalue weighted by atomic mass is 16.5. The van der Waals surface area contributed by atoms with Gasteiger partial charge in [-0.3, -0.25) is 4.79 Å². The van der Waals surface area contributed by atoms with Crippen LogP contribution >= 0.6 is 0 Å². The fraction of sp³-hybridized carbons (Fsp3) is 0.471. The highest BCUT2D eigenvalue weighted by molar-refractivity contribution is 5.82. The first-order chi connectivity index (χ1) is 9.19. The fourth-order valence-electron chi connectivity index (χ4n) is 3.43. The molecule has 3 rings (SSSR count). The zero-order valence-electron chi connectivity index (χ0n) is 11.7. The van der Waals surface area contributed by atoms with Crippen molar-refractivity contribution in [2.75, 3.05) is 7.11 Å². The quantitative estimate of drug-likeness (QED) is 0.805. The van der Waals surface area contributed by atoms with Crippen LogP contribution < -0.4 is 4.74 Å². The second kappa shape index (κ2) is 4.84. The van der Waals surface area contributed by atoms with Gasteiger partial charge in [-0.15, -0.1) is 0 Å². The van der Waals surface area contributed by atoms with Crippen LogP contribution in [0.25, 0.3) is 5.57 Å². The summed E-state index contributed by atoms with van der Waals surface area (Å²) in [5, 5.41) is 0. The van der Waals surface area contributed by atoms with Crippen LogP contribution in [0.4, 0.5) is 0 Å². The lowest BCUT2D eigenvalue weighted by molar-refractivity contribution is -0.120. The Labute approximate surface area is 114 Å². The monoisotopic (exact) mass is 256 g/mol. The van der Waals surface area contributed by atoms with Crippen molar-refractivity contribution < 1.29 is 9.53 Å². The van der Waals surface area contributed by atoms with Crippen molar-refractivity contribution in [3.63, 3.8) is 0 Å². The molecule has 0 amide bonds. The molecule has 0 aliphatic heterocycles. The maximum absolute atomic E-state index is 11.6. The van der Waals surface area contributed by atoms with E-state index in [0.29, 0.717) is 5.78 Å². The first-order valence-corrected chi connectivity index (χ1v) is 7.07. The van der Waals surface area contributed by atoms with Gasteiger partial charge in [0.2, 0.25) is 0 Å². The molecule has 1 atom stereocenters. The number of rotatable bonds is 2. The maximum atomic E-state index is 11.6. The molecule has 2 aliphatic carbocycles. The summed E-state index contributed by atoms with van der Waals surface area (Å²) < 4.78 is 5.30. The van der Waals surface area contributed by atoms with Crippen LogP contribution in [0.1, 0.15) is 43.7 Å². The van der Waals surface area contributed by atoms with Crippen LogP contribution in [0, 0.1) is 5.92 Å². The minimum Gasteiger partial charge on any atom is -0.497 e. The number of ketones is 1. The van der Waals surface area contributed by atoms with Crippen molar-refractivity contribution in [2.45, 2.75) is 39.0 Å². The molecule has 1 aromatic rings. The largest absolute Gasteiger partial charge is 0.497 e. The number of hydrogen-bond donors (Lipinski definition) is 0. The molecule has 19 heavy (non-hydrogen) atoms. The molecule has 2 nitrogen and oxygen atoms in total. The number of carbonyl (C=O) groups excluding carboxylic acids is 1. The molecule has 2 heteroatoms. The van der Waals surface area contributed by atoms with Gasteiger partial charge in [-0.2, -0.15) is 0 Å². The molecule has 0 aromatic heterocycles. The first-order valence-electron chi connectivity index (χ1n) is 7.07. The molecule has 2 aliphatic rings. The Kier molecular flexibility index (Phi) is 3.17. The van der Waals surface area contributed by atoms with E-state index in [-0.39, 0.29) is 5.92 Å². The van der Waals surface area contributed by atoms with Crippen LogP contribution in [-0.2, 0) is 11.2 Å². The van der Waals surface area contributed by atoms with Crippen LogP contribution in [-0.4, -0.2) is 12.9 Å². The summed E-state index contributed by atoms with van der Waals surface area (Å²) in [6.07, 6.45) is 5.24. The molecule has 0 fully saturated rings. The fourth-order valence-corrected chi connectivity index (χ4v) is 3.43. The lowest BCUT2D eigenvalue weighted by atomic mass is 9.74. The number of carbonyl (C=O) groups is 1. The van der Waals surface area contributed by atoms with E-state index in [1.165, 1.54) is 22.3 Å². The Morgan fingerprint density at radius 2 is 2.11 bits per heavy atom. The molecule has 0 radical (unpaired) electrons. The molecule has 0 saturated heterocycles. The summed E-state index contributed by atoms with van der Waals surface area (Å²) in [4.78, 5) is 11.6. The van der Waals surface area contributed by atoms with Gasteiger partial charge in [-0.1, -0.05) is 11.6 Å². The van der Waals surface area contributed by atoms with E-state index in [1.807, 2.05) is 6.07 Å². The third-order valence-electron chi connectivity index (χ3n) is 4.57. The summed E-state index contributed by atoms with van der Waals surface area (Å²) >= 11 is 0. The van der Waals surface area contributed by atoms with Crippen LogP contribution in [0.5, 0.6) is 5.75 Å². The maximum Gasteiger partial charge on any atom is 0.133 e. The summed E-state index contributed by atoms with van der Waals surface area (Å²) in [5.74, 6) is 1.56. The van der Waals surface area contributed by atoms with Crippen molar-refractivity contribution in [1.29, 1.82) is 0 Å². The van der Waals surface area contributed by atoms with Crippen molar-refractivity contribution in [1.82, 2.24) is 0 Å². The van der Waals surface area contributed by atoms with E-state index < -0.39 is 0 Å². The molecule has 0 N–H and O–H groups in total. The van der Waals surface area contributed by atoms with Gasteiger partial charge in [0.25, 0.3) is 0 Å². The van der Waals surface area contributed by atoms with Gasteiger partial charge < -0.3 is 4.74 Å². The Balaban J connectivity index is 1.96.